The highest BCUT2D eigenvalue weighted by Crippen LogP contribution is 2.37. The van der Waals surface area contributed by atoms with Crippen LogP contribution < -0.4 is 0 Å². The Morgan fingerprint density at radius 3 is 2.76 bits per heavy atom. The third-order valence-corrected chi connectivity index (χ3v) is 3.65. The average Bonchev–Trinajstić information content (AvgIpc) is 2.77. The van der Waals surface area contributed by atoms with Crippen LogP contribution in [0.2, 0.25) is 0 Å². The van der Waals surface area contributed by atoms with Crippen molar-refractivity contribution in [3.05, 3.63) is 42.0 Å². The van der Waals surface area contributed by atoms with E-state index in [2.05, 4.69) is 56.5 Å². The van der Waals surface area contributed by atoms with Gasteiger partial charge in [-0.1, -0.05) is 36.9 Å². The molecule has 17 heavy (non-hydrogen) atoms. The fraction of sp³-hybridized carbons (Fsp3) is 0.500. The first-order valence-electron chi connectivity index (χ1n) is 6.51. The fourth-order valence-electron chi connectivity index (χ4n) is 2.81. The van der Waals surface area contributed by atoms with Gasteiger partial charge in [-0.2, -0.15) is 0 Å². The molecule has 1 aromatic rings. The molecule has 1 aliphatic heterocycles. The zero-order valence-corrected chi connectivity index (χ0v) is 11.2. The van der Waals surface area contributed by atoms with Crippen LogP contribution in [0.3, 0.4) is 0 Å². The normalized spacial score (nSPS) is 21.7. The minimum Gasteiger partial charge on any atom is -0.291 e. The summed E-state index contributed by atoms with van der Waals surface area (Å²) in [5.41, 5.74) is 2.92. The van der Waals surface area contributed by atoms with Gasteiger partial charge < -0.3 is 0 Å². The van der Waals surface area contributed by atoms with Crippen molar-refractivity contribution in [3.8, 4) is 0 Å². The molecule has 1 nitrogen and oxygen atoms in total. The highest BCUT2D eigenvalue weighted by Gasteiger charge is 2.33. The van der Waals surface area contributed by atoms with E-state index < -0.39 is 0 Å². The van der Waals surface area contributed by atoms with E-state index in [1.807, 2.05) is 6.08 Å². The maximum absolute atomic E-state index is 3.85. The van der Waals surface area contributed by atoms with E-state index in [4.69, 9.17) is 0 Å². The number of rotatable bonds is 2. The molecule has 0 saturated carbocycles. The van der Waals surface area contributed by atoms with Gasteiger partial charge in [0.25, 0.3) is 0 Å². The number of likely N-dealkylation sites (tertiary alicyclic amines) is 1. The Morgan fingerprint density at radius 2 is 2.12 bits per heavy atom. The molecule has 1 heterocycles. The van der Waals surface area contributed by atoms with Crippen molar-refractivity contribution in [2.24, 2.45) is 0 Å². The van der Waals surface area contributed by atoms with Gasteiger partial charge in [0.2, 0.25) is 0 Å². The lowest BCUT2D eigenvalue weighted by Gasteiger charge is -2.37. The van der Waals surface area contributed by atoms with Gasteiger partial charge in [0.1, 0.15) is 0 Å². The van der Waals surface area contributed by atoms with E-state index in [9.17, 15) is 0 Å². The zero-order chi connectivity index (χ0) is 12.5. The van der Waals surface area contributed by atoms with E-state index in [-0.39, 0.29) is 5.54 Å². The second-order valence-electron chi connectivity index (χ2n) is 5.90. The molecule has 1 fully saturated rings. The van der Waals surface area contributed by atoms with Crippen molar-refractivity contribution < 1.29 is 0 Å². The largest absolute Gasteiger partial charge is 0.291 e. The Labute approximate surface area is 105 Å². The Balaban J connectivity index is 2.29. The van der Waals surface area contributed by atoms with Crippen LogP contribution in [0.5, 0.6) is 0 Å². The van der Waals surface area contributed by atoms with Crippen molar-refractivity contribution in [2.45, 2.75) is 45.2 Å². The first-order valence-corrected chi connectivity index (χ1v) is 6.51. The summed E-state index contributed by atoms with van der Waals surface area (Å²) in [4.78, 5) is 2.62. The van der Waals surface area contributed by atoms with Crippen LogP contribution in [0.4, 0.5) is 0 Å². The van der Waals surface area contributed by atoms with Gasteiger partial charge in [0.05, 0.1) is 0 Å². The average molecular weight is 229 g/mol. The molecule has 1 aromatic carbocycles. The topological polar surface area (TPSA) is 3.24 Å². The predicted octanol–water partition coefficient (Wildman–Crippen LogP) is 4.27. The highest BCUT2D eigenvalue weighted by atomic mass is 15.2. The van der Waals surface area contributed by atoms with Crippen molar-refractivity contribution in [1.82, 2.24) is 4.90 Å². The Hall–Kier alpha value is -1.08. The van der Waals surface area contributed by atoms with Crippen LogP contribution >= 0.6 is 0 Å². The van der Waals surface area contributed by atoms with E-state index in [0.29, 0.717) is 6.04 Å². The van der Waals surface area contributed by atoms with Crippen molar-refractivity contribution in [2.75, 3.05) is 6.54 Å². The van der Waals surface area contributed by atoms with E-state index in [1.165, 1.54) is 30.5 Å². The second kappa shape index (κ2) is 4.66. The van der Waals surface area contributed by atoms with Gasteiger partial charge in [-0.25, -0.2) is 0 Å². The molecule has 1 atom stereocenters. The molecule has 0 N–H and O–H groups in total. The molecule has 1 heteroatoms. The van der Waals surface area contributed by atoms with Gasteiger partial charge in [0, 0.05) is 11.6 Å². The molecule has 1 saturated heterocycles. The first kappa shape index (κ1) is 12.4. The van der Waals surface area contributed by atoms with Crippen molar-refractivity contribution >= 4 is 6.08 Å². The number of nitrogens with zero attached hydrogens (tertiary/aromatic N) is 1. The van der Waals surface area contributed by atoms with E-state index in [0.717, 1.165) is 0 Å². The Kier molecular flexibility index (Phi) is 3.39. The number of benzene rings is 1. The first-order chi connectivity index (χ1) is 8.02. The molecule has 1 unspecified atom stereocenters. The SMILES string of the molecule is C=Cc1cccc(C2CCCN2C(C)(C)C)c1. The fourth-order valence-corrected chi connectivity index (χ4v) is 2.81. The Bertz CT molecular complexity index is 400. The van der Waals surface area contributed by atoms with Crippen LogP contribution in [-0.2, 0) is 0 Å². The summed E-state index contributed by atoms with van der Waals surface area (Å²) in [5, 5.41) is 0. The summed E-state index contributed by atoms with van der Waals surface area (Å²) in [6.45, 7) is 12.0. The molecule has 0 radical (unpaired) electrons. The van der Waals surface area contributed by atoms with Gasteiger partial charge in [0.15, 0.2) is 0 Å². The molecule has 0 aromatic heterocycles. The van der Waals surface area contributed by atoms with Crippen LogP contribution in [0.15, 0.2) is 30.8 Å². The third kappa shape index (κ3) is 2.61. The maximum Gasteiger partial charge on any atom is 0.0353 e. The lowest BCUT2D eigenvalue weighted by Crippen LogP contribution is -2.40. The molecular formula is C16H23N. The standard InChI is InChI=1S/C16H23N/c1-5-13-8-6-9-14(12-13)15-10-7-11-17(15)16(2,3)4/h5-6,8-9,12,15H,1,7,10-11H2,2-4H3. The maximum atomic E-state index is 3.85. The molecule has 92 valence electrons. The van der Waals surface area contributed by atoms with Gasteiger partial charge in [-0.3, -0.25) is 4.90 Å². The minimum absolute atomic E-state index is 0.255. The lowest BCUT2D eigenvalue weighted by atomic mass is 9.98. The zero-order valence-electron chi connectivity index (χ0n) is 11.2. The summed E-state index contributed by atoms with van der Waals surface area (Å²) in [6.07, 6.45) is 4.51. The predicted molar refractivity (Wildman–Crippen MR) is 75.0 cm³/mol. The van der Waals surface area contributed by atoms with E-state index >= 15 is 0 Å². The summed E-state index contributed by atoms with van der Waals surface area (Å²) in [7, 11) is 0. The van der Waals surface area contributed by atoms with Crippen molar-refractivity contribution in [3.63, 3.8) is 0 Å². The molecule has 1 aliphatic rings. The quantitative estimate of drug-likeness (QED) is 0.732. The van der Waals surface area contributed by atoms with Gasteiger partial charge in [-0.05, 0) is 51.3 Å². The summed E-state index contributed by atoms with van der Waals surface area (Å²) in [6, 6.07) is 9.37. The highest BCUT2D eigenvalue weighted by molar-refractivity contribution is 5.48. The lowest BCUT2D eigenvalue weighted by molar-refractivity contribution is 0.121. The number of hydrogen-bond acceptors (Lipinski definition) is 1. The van der Waals surface area contributed by atoms with Crippen LogP contribution in [0.25, 0.3) is 6.08 Å². The molecule has 2 rings (SSSR count). The summed E-state index contributed by atoms with van der Waals surface area (Å²) in [5.74, 6) is 0. The van der Waals surface area contributed by atoms with Gasteiger partial charge >= 0.3 is 0 Å². The molecule has 0 amide bonds. The third-order valence-electron chi connectivity index (χ3n) is 3.65. The second-order valence-corrected chi connectivity index (χ2v) is 5.90. The molecule has 0 spiro atoms. The monoisotopic (exact) mass is 229 g/mol. The van der Waals surface area contributed by atoms with Crippen LogP contribution in [0, 0.1) is 0 Å². The van der Waals surface area contributed by atoms with Gasteiger partial charge in [-0.15, -0.1) is 0 Å². The molecule has 0 aliphatic carbocycles. The van der Waals surface area contributed by atoms with Crippen molar-refractivity contribution in [1.29, 1.82) is 0 Å². The molecular weight excluding hydrogens is 206 g/mol. The van der Waals surface area contributed by atoms with Crippen LogP contribution in [0.1, 0.15) is 50.8 Å². The Morgan fingerprint density at radius 1 is 1.35 bits per heavy atom. The summed E-state index contributed by atoms with van der Waals surface area (Å²) < 4.78 is 0. The smallest absolute Gasteiger partial charge is 0.0353 e. The minimum atomic E-state index is 0.255. The number of hydrogen-bond donors (Lipinski definition) is 0. The summed E-state index contributed by atoms with van der Waals surface area (Å²) >= 11 is 0. The molecule has 0 bridgehead atoms. The van der Waals surface area contributed by atoms with E-state index in [1.54, 1.807) is 0 Å². The van der Waals surface area contributed by atoms with Crippen LogP contribution in [-0.4, -0.2) is 17.0 Å².